The monoisotopic (exact) mass is 500 g/mol. The molecular weight excluding hydrogens is 481 g/mol. The second-order valence-electron chi connectivity index (χ2n) is 7.32. The zero-order valence-electron chi connectivity index (χ0n) is 15.8. The lowest BCUT2D eigenvalue weighted by Gasteiger charge is -2.19. The van der Waals surface area contributed by atoms with Crippen LogP contribution in [-0.4, -0.2) is 31.3 Å². The number of rotatable bonds is 4. The van der Waals surface area contributed by atoms with Crippen LogP contribution >= 0.6 is 22.6 Å². The number of halogens is 3. The Balaban J connectivity index is 2.11. The number of alkyl halides is 2. The summed E-state index contributed by atoms with van der Waals surface area (Å²) < 4.78 is 34.8. The van der Waals surface area contributed by atoms with Gasteiger partial charge in [-0.05, 0) is 68.0 Å². The Kier molecular flexibility index (Phi) is 5.64. The van der Waals surface area contributed by atoms with Gasteiger partial charge >= 0.3 is 5.97 Å². The van der Waals surface area contributed by atoms with Gasteiger partial charge in [-0.3, -0.25) is 9.48 Å². The maximum Gasteiger partial charge on any atom is 0.328 e. The number of aromatic nitrogens is 4. The van der Waals surface area contributed by atoms with E-state index in [2.05, 4.69) is 15.1 Å². The van der Waals surface area contributed by atoms with E-state index in [4.69, 9.17) is 4.74 Å². The third-order valence-electron chi connectivity index (χ3n) is 3.88. The number of aryl methyl sites for hydroxylation is 1. The van der Waals surface area contributed by atoms with Crippen LogP contribution in [0.2, 0.25) is 0 Å². The summed E-state index contributed by atoms with van der Waals surface area (Å²) in [5.41, 5.74) is 0.550. The van der Waals surface area contributed by atoms with Crippen LogP contribution in [0.5, 0.6) is 0 Å². The van der Waals surface area contributed by atoms with E-state index in [0.29, 0.717) is 26.0 Å². The van der Waals surface area contributed by atoms with E-state index in [1.165, 1.54) is 10.7 Å². The van der Waals surface area contributed by atoms with Gasteiger partial charge in [-0.25, -0.2) is 18.7 Å². The first-order chi connectivity index (χ1) is 13.0. The van der Waals surface area contributed by atoms with Crippen LogP contribution < -0.4 is 0 Å². The quantitative estimate of drug-likeness (QED) is 0.384. The molecule has 0 amide bonds. The molecule has 0 aliphatic rings. The SMILES string of the molecule is Cc1ncc(-c2cc(C(F)F)c3c(c2)c(I)nn3CC(=O)OC(C)(C)C)cn1. The predicted molar refractivity (Wildman–Crippen MR) is 109 cm³/mol. The van der Waals surface area contributed by atoms with E-state index in [1.54, 1.807) is 46.2 Å². The Morgan fingerprint density at radius 3 is 2.43 bits per heavy atom. The average Bonchev–Trinajstić information content (AvgIpc) is 2.88. The summed E-state index contributed by atoms with van der Waals surface area (Å²) in [6.07, 6.45) is 0.451. The average molecular weight is 500 g/mol. The van der Waals surface area contributed by atoms with Crippen LogP contribution in [0.4, 0.5) is 8.78 Å². The normalized spacial score (nSPS) is 12.0. The van der Waals surface area contributed by atoms with Crippen LogP contribution in [0.15, 0.2) is 24.5 Å². The standard InChI is InChI=1S/C19H19F2IN4O2/c1-10-23-7-12(8-24-10)11-5-13(17(20)21)16-14(6-11)18(22)25-26(16)9-15(27)28-19(2,3)4/h5-8,17H,9H2,1-4H3. The van der Waals surface area contributed by atoms with Gasteiger partial charge in [-0.2, -0.15) is 5.10 Å². The molecule has 0 bridgehead atoms. The zero-order valence-corrected chi connectivity index (χ0v) is 18.0. The maximum absolute atomic E-state index is 13.9. The molecule has 2 aromatic heterocycles. The molecule has 3 rings (SSSR count). The van der Waals surface area contributed by atoms with Gasteiger partial charge in [-0.15, -0.1) is 0 Å². The van der Waals surface area contributed by atoms with Crippen molar-refractivity contribution in [2.45, 2.75) is 46.3 Å². The molecule has 0 fully saturated rings. The highest BCUT2D eigenvalue weighted by molar-refractivity contribution is 14.1. The molecule has 0 N–H and O–H groups in total. The topological polar surface area (TPSA) is 69.9 Å². The minimum atomic E-state index is -2.74. The van der Waals surface area contributed by atoms with Gasteiger partial charge in [-0.1, -0.05) is 0 Å². The third kappa shape index (κ3) is 4.45. The Morgan fingerprint density at radius 1 is 1.21 bits per heavy atom. The number of ether oxygens (including phenoxy) is 1. The van der Waals surface area contributed by atoms with E-state index in [0.717, 1.165) is 0 Å². The number of esters is 1. The number of hydrogen-bond donors (Lipinski definition) is 0. The van der Waals surface area contributed by atoms with Gasteiger partial charge in [0, 0.05) is 28.9 Å². The highest BCUT2D eigenvalue weighted by Crippen LogP contribution is 2.35. The van der Waals surface area contributed by atoms with Gasteiger partial charge in [0.15, 0.2) is 0 Å². The second-order valence-corrected chi connectivity index (χ2v) is 8.34. The largest absolute Gasteiger partial charge is 0.459 e. The van der Waals surface area contributed by atoms with E-state index in [9.17, 15) is 13.6 Å². The number of fused-ring (bicyclic) bond motifs is 1. The van der Waals surface area contributed by atoms with Crippen LogP contribution in [-0.2, 0) is 16.1 Å². The van der Waals surface area contributed by atoms with E-state index in [-0.39, 0.29) is 17.6 Å². The minimum absolute atomic E-state index is 0.202. The highest BCUT2D eigenvalue weighted by Gasteiger charge is 2.23. The predicted octanol–water partition coefficient (Wildman–Crippen LogP) is 4.69. The van der Waals surface area contributed by atoms with Crippen LogP contribution in [0.1, 0.15) is 38.6 Å². The molecular formula is C19H19F2IN4O2. The number of carbonyl (C=O) groups excluding carboxylic acids is 1. The highest BCUT2D eigenvalue weighted by atomic mass is 127. The first-order valence-corrected chi connectivity index (χ1v) is 9.62. The van der Waals surface area contributed by atoms with Crippen molar-refractivity contribution in [1.82, 2.24) is 19.7 Å². The number of benzene rings is 1. The number of hydrogen-bond acceptors (Lipinski definition) is 5. The molecule has 9 heteroatoms. The summed E-state index contributed by atoms with van der Waals surface area (Å²) in [7, 11) is 0. The number of nitrogens with zero attached hydrogens (tertiary/aromatic N) is 4. The van der Waals surface area contributed by atoms with Crippen molar-refractivity contribution in [1.29, 1.82) is 0 Å². The Hall–Kier alpha value is -2.17. The molecule has 0 spiro atoms. The summed E-state index contributed by atoms with van der Waals surface area (Å²) in [4.78, 5) is 20.5. The smallest absolute Gasteiger partial charge is 0.328 e. The van der Waals surface area contributed by atoms with Crippen molar-refractivity contribution in [2.24, 2.45) is 0 Å². The van der Waals surface area contributed by atoms with Crippen molar-refractivity contribution in [2.75, 3.05) is 0 Å². The van der Waals surface area contributed by atoms with E-state index in [1.807, 2.05) is 22.6 Å². The van der Waals surface area contributed by atoms with Crippen LogP contribution in [0, 0.1) is 10.6 Å². The molecule has 0 aliphatic heterocycles. The molecule has 6 nitrogen and oxygen atoms in total. The lowest BCUT2D eigenvalue weighted by Crippen LogP contribution is -2.27. The third-order valence-corrected chi connectivity index (χ3v) is 4.67. The van der Waals surface area contributed by atoms with E-state index < -0.39 is 18.0 Å². The van der Waals surface area contributed by atoms with Crippen molar-refractivity contribution >= 4 is 39.5 Å². The first-order valence-electron chi connectivity index (χ1n) is 8.54. The molecule has 1 aromatic carbocycles. The molecule has 0 saturated heterocycles. The Bertz CT molecular complexity index is 1030. The lowest BCUT2D eigenvalue weighted by atomic mass is 10.0. The van der Waals surface area contributed by atoms with E-state index >= 15 is 0 Å². The van der Waals surface area contributed by atoms with Gasteiger partial charge in [0.2, 0.25) is 0 Å². The van der Waals surface area contributed by atoms with Crippen LogP contribution in [0.3, 0.4) is 0 Å². The van der Waals surface area contributed by atoms with Crippen LogP contribution in [0.25, 0.3) is 22.0 Å². The molecule has 0 unspecified atom stereocenters. The maximum atomic E-state index is 13.9. The van der Waals surface area contributed by atoms with Crippen molar-refractivity contribution in [3.8, 4) is 11.1 Å². The lowest BCUT2D eigenvalue weighted by molar-refractivity contribution is -0.155. The number of carbonyl (C=O) groups is 1. The summed E-state index contributed by atoms with van der Waals surface area (Å²) in [5.74, 6) is 0.0585. The second kappa shape index (κ2) is 7.69. The van der Waals surface area contributed by atoms with Crippen molar-refractivity contribution in [3.63, 3.8) is 0 Å². The summed E-state index contributed by atoms with van der Waals surface area (Å²) >= 11 is 1.98. The molecule has 0 aliphatic carbocycles. The van der Waals surface area contributed by atoms with Crippen molar-refractivity contribution < 1.29 is 18.3 Å². The van der Waals surface area contributed by atoms with Gasteiger partial charge < -0.3 is 4.74 Å². The fraction of sp³-hybridized carbons (Fsp3) is 0.368. The molecule has 2 heterocycles. The zero-order chi connectivity index (χ0) is 20.6. The van der Waals surface area contributed by atoms with Gasteiger partial charge in [0.1, 0.15) is 21.7 Å². The summed E-state index contributed by atoms with van der Waals surface area (Å²) in [6, 6.07) is 3.15. The fourth-order valence-corrected chi connectivity index (χ4v) is 3.47. The van der Waals surface area contributed by atoms with Gasteiger partial charge in [0.05, 0.1) is 5.52 Å². The first kappa shape index (κ1) is 20.6. The molecule has 0 saturated carbocycles. The fourth-order valence-electron chi connectivity index (χ4n) is 2.80. The molecule has 0 atom stereocenters. The molecule has 0 radical (unpaired) electrons. The van der Waals surface area contributed by atoms with Gasteiger partial charge in [0.25, 0.3) is 6.43 Å². The molecule has 3 aromatic rings. The summed E-state index contributed by atoms with van der Waals surface area (Å²) in [6.45, 7) is 6.74. The molecule has 148 valence electrons. The Morgan fingerprint density at radius 2 is 1.86 bits per heavy atom. The Labute approximate surface area is 174 Å². The van der Waals surface area contributed by atoms with Crippen molar-refractivity contribution in [3.05, 3.63) is 39.6 Å². The minimum Gasteiger partial charge on any atom is -0.459 e. The molecule has 28 heavy (non-hydrogen) atoms. The summed E-state index contributed by atoms with van der Waals surface area (Å²) in [5, 5.41) is 4.83.